The zero-order valence-corrected chi connectivity index (χ0v) is 6.84. The Kier molecular flexibility index (Phi) is 2.60. The lowest BCUT2D eigenvalue weighted by atomic mass is 10.2. The van der Waals surface area contributed by atoms with E-state index in [4.69, 9.17) is 10.4 Å². The maximum Gasteiger partial charge on any atom is 0.437 e. The number of halogens is 3. The van der Waals surface area contributed by atoms with Gasteiger partial charge in [-0.1, -0.05) is 0 Å². The lowest BCUT2D eigenvalue weighted by Gasteiger charge is -2.07. The van der Waals surface area contributed by atoms with Gasteiger partial charge in [0.25, 0.3) is 0 Å². The molecule has 3 nitrogen and oxygen atoms in total. The summed E-state index contributed by atoms with van der Waals surface area (Å²) in [6, 6.07) is 2.62. The Morgan fingerprint density at radius 3 is 2.57 bits per heavy atom. The minimum atomic E-state index is -4.67. The van der Waals surface area contributed by atoms with E-state index in [2.05, 4.69) is 4.98 Å². The first-order chi connectivity index (χ1) is 6.45. The average Bonchev–Trinajstić information content (AvgIpc) is 2.02. The van der Waals surface area contributed by atoms with Crippen LogP contribution in [0.1, 0.15) is 11.3 Å². The van der Waals surface area contributed by atoms with Crippen LogP contribution in [-0.2, 0) is 12.6 Å². The monoisotopic (exact) mass is 202 g/mol. The fourth-order valence-electron chi connectivity index (χ4n) is 0.901. The fourth-order valence-corrected chi connectivity index (χ4v) is 0.901. The van der Waals surface area contributed by atoms with Crippen molar-refractivity contribution >= 4 is 0 Å². The molecule has 0 radical (unpaired) electrons. The lowest BCUT2D eigenvalue weighted by Crippen LogP contribution is -2.08. The SMILES string of the molecule is N#CCc1cnc(C(F)(F)F)c(O)c1. The summed E-state index contributed by atoms with van der Waals surface area (Å²) in [5.41, 5.74) is -1.09. The summed E-state index contributed by atoms with van der Waals surface area (Å²) >= 11 is 0. The van der Waals surface area contributed by atoms with Crippen LogP contribution in [0.4, 0.5) is 13.2 Å². The average molecular weight is 202 g/mol. The summed E-state index contributed by atoms with van der Waals surface area (Å²) in [6.07, 6.45) is -3.83. The van der Waals surface area contributed by atoms with E-state index < -0.39 is 17.6 Å². The van der Waals surface area contributed by atoms with Crippen LogP contribution in [0.15, 0.2) is 12.3 Å². The highest BCUT2D eigenvalue weighted by Gasteiger charge is 2.35. The number of aromatic hydroxyl groups is 1. The molecule has 0 aromatic carbocycles. The molecule has 6 heteroatoms. The smallest absolute Gasteiger partial charge is 0.437 e. The van der Waals surface area contributed by atoms with E-state index in [-0.39, 0.29) is 12.0 Å². The van der Waals surface area contributed by atoms with E-state index in [1.54, 1.807) is 6.07 Å². The highest BCUT2D eigenvalue weighted by atomic mass is 19.4. The first-order valence-corrected chi connectivity index (χ1v) is 3.57. The van der Waals surface area contributed by atoms with E-state index >= 15 is 0 Å². The van der Waals surface area contributed by atoms with Crippen LogP contribution in [0.25, 0.3) is 0 Å². The van der Waals surface area contributed by atoms with Crippen molar-refractivity contribution in [1.82, 2.24) is 4.98 Å². The molecule has 1 heterocycles. The van der Waals surface area contributed by atoms with E-state index in [0.29, 0.717) is 0 Å². The maximum absolute atomic E-state index is 12.1. The van der Waals surface area contributed by atoms with Gasteiger partial charge < -0.3 is 5.11 Å². The standard InChI is InChI=1S/C8H5F3N2O/c9-8(10,11)7-6(14)3-5(1-2-12)4-13-7/h3-4,14H,1H2. The maximum atomic E-state index is 12.1. The molecule has 0 unspecified atom stereocenters. The Morgan fingerprint density at radius 1 is 1.50 bits per heavy atom. The lowest BCUT2D eigenvalue weighted by molar-refractivity contribution is -0.142. The Hall–Kier alpha value is -1.77. The van der Waals surface area contributed by atoms with Crippen LogP contribution in [0.2, 0.25) is 0 Å². The molecule has 1 N–H and O–H groups in total. The van der Waals surface area contributed by atoms with Gasteiger partial charge in [-0.3, -0.25) is 0 Å². The molecule has 0 amide bonds. The molecule has 0 bridgehead atoms. The van der Waals surface area contributed by atoms with Gasteiger partial charge in [-0.15, -0.1) is 0 Å². The van der Waals surface area contributed by atoms with Crippen molar-refractivity contribution in [3.8, 4) is 11.8 Å². The minimum Gasteiger partial charge on any atom is -0.506 e. The number of nitrogens with zero attached hydrogens (tertiary/aromatic N) is 2. The second-order valence-electron chi connectivity index (χ2n) is 2.54. The Balaban J connectivity index is 3.09. The zero-order valence-electron chi connectivity index (χ0n) is 6.84. The summed E-state index contributed by atoms with van der Waals surface area (Å²) < 4.78 is 36.2. The second kappa shape index (κ2) is 3.54. The largest absolute Gasteiger partial charge is 0.506 e. The third kappa shape index (κ3) is 2.13. The molecule has 74 valence electrons. The highest BCUT2D eigenvalue weighted by Crippen LogP contribution is 2.33. The van der Waals surface area contributed by atoms with Crippen LogP contribution in [0.3, 0.4) is 0 Å². The van der Waals surface area contributed by atoms with Gasteiger partial charge in [0.05, 0.1) is 12.5 Å². The Bertz CT molecular complexity index is 381. The molecule has 0 fully saturated rings. The molecule has 0 atom stereocenters. The molecule has 1 aromatic rings. The van der Waals surface area contributed by atoms with Crippen LogP contribution in [0, 0.1) is 11.3 Å². The molecule has 0 aliphatic rings. The van der Waals surface area contributed by atoms with Crippen molar-refractivity contribution in [2.75, 3.05) is 0 Å². The van der Waals surface area contributed by atoms with Crippen LogP contribution < -0.4 is 0 Å². The molecule has 0 aliphatic heterocycles. The van der Waals surface area contributed by atoms with Gasteiger partial charge in [0.15, 0.2) is 5.69 Å². The summed E-state index contributed by atoms with van der Waals surface area (Å²) in [5.74, 6) is -0.953. The Morgan fingerprint density at radius 2 is 2.14 bits per heavy atom. The van der Waals surface area contributed by atoms with Crippen molar-refractivity contribution in [3.05, 3.63) is 23.5 Å². The van der Waals surface area contributed by atoms with Gasteiger partial charge in [0.1, 0.15) is 5.75 Å². The van der Waals surface area contributed by atoms with Crippen LogP contribution in [0.5, 0.6) is 5.75 Å². The number of hydrogen-bond acceptors (Lipinski definition) is 3. The molecule has 1 rings (SSSR count). The van der Waals surface area contributed by atoms with Gasteiger partial charge in [-0.25, -0.2) is 4.98 Å². The zero-order chi connectivity index (χ0) is 10.8. The van der Waals surface area contributed by atoms with Crippen LogP contribution >= 0.6 is 0 Å². The molecule has 0 aliphatic carbocycles. The summed E-state index contributed by atoms with van der Waals surface area (Å²) in [7, 11) is 0. The van der Waals surface area contributed by atoms with Crippen molar-refractivity contribution in [3.63, 3.8) is 0 Å². The summed E-state index contributed by atoms with van der Waals surface area (Å²) in [5, 5.41) is 17.2. The number of pyridine rings is 1. The minimum absolute atomic E-state index is 0.0846. The molecular weight excluding hydrogens is 197 g/mol. The third-order valence-electron chi connectivity index (χ3n) is 1.48. The summed E-state index contributed by atoms with van der Waals surface area (Å²) in [6.45, 7) is 0. The van der Waals surface area contributed by atoms with Gasteiger partial charge in [0, 0.05) is 6.20 Å². The number of rotatable bonds is 1. The molecule has 1 aromatic heterocycles. The summed E-state index contributed by atoms with van der Waals surface area (Å²) in [4.78, 5) is 3.04. The van der Waals surface area contributed by atoms with E-state index in [1.807, 2.05) is 0 Å². The van der Waals surface area contributed by atoms with E-state index in [0.717, 1.165) is 12.3 Å². The first-order valence-electron chi connectivity index (χ1n) is 3.57. The predicted octanol–water partition coefficient (Wildman–Crippen LogP) is 1.87. The Labute approximate surface area is 77.4 Å². The van der Waals surface area contributed by atoms with Crippen molar-refractivity contribution in [1.29, 1.82) is 5.26 Å². The van der Waals surface area contributed by atoms with Crippen LogP contribution in [-0.4, -0.2) is 10.1 Å². The van der Waals surface area contributed by atoms with Crippen molar-refractivity contribution < 1.29 is 18.3 Å². The van der Waals surface area contributed by atoms with E-state index in [9.17, 15) is 13.2 Å². The second-order valence-corrected chi connectivity index (χ2v) is 2.54. The first kappa shape index (κ1) is 10.3. The van der Waals surface area contributed by atoms with Crippen molar-refractivity contribution in [2.45, 2.75) is 12.6 Å². The number of aromatic nitrogens is 1. The molecule has 0 saturated carbocycles. The molecular formula is C8H5F3N2O. The van der Waals surface area contributed by atoms with Gasteiger partial charge >= 0.3 is 6.18 Å². The van der Waals surface area contributed by atoms with Gasteiger partial charge in [-0.05, 0) is 11.6 Å². The topological polar surface area (TPSA) is 56.9 Å². The highest BCUT2D eigenvalue weighted by molar-refractivity contribution is 5.32. The third-order valence-corrected chi connectivity index (χ3v) is 1.48. The molecule has 14 heavy (non-hydrogen) atoms. The van der Waals surface area contributed by atoms with Gasteiger partial charge in [-0.2, -0.15) is 18.4 Å². The molecule has 0 saturated heterocycles. The number of hydrogen-bond donors (Lipinski definition) is 1. The normalized spacial score (nSPS) is 11.0. The number of nitriles is 1. The quantitative estimate of drug-likeness (QED) is 0.756. The van der Waals surface area contributed by atoms with Gasteiger partial charge in [0.2, 0.25) is 0 Å². The number of alkyl halides is 3. The molecule has 0 spiro atoms. The van der Waals surface area contributed by atoms with Crippen molar-refractivity contribution in [2.24, 2.45) is 0 Å². The fraction of sp³-hybridized carbons (Fsp3) is 0.250. The van der Waals surface area contributed by atoms with E-state index in [1.165, 1.54) is 0 Å². The predicted molar refractivity (Wildman–Crippen MR) is 40.2 cm³/mol.